The van der Waals surface area contributed by atoms with Crippen LogP contribution in [0.25, 0.3) is 0 Å². The quantitative estimate of drug-likeness (QED) is 0.171. The van der Waals surface area contributed by atoms with Crippen LogP contribution in [0.3, 0.4) is 0 Å². The average molecular weight is 445 g/mol. The summed E-state index contributed by atoms with van der Waals surface area (Å²) in [5.41, 5.74) is 0. The number of hydrogen-bond acceptors (Lipinski definition) is 6. The van der Waals surface area contributed by atoms with Gasteiger partial charge in [-0.25, -0.2) is 0 Å². The van der Waals surface area contributed by atoms with Crippen molar-refractivity contribution >= 4 is 37.2 Å². The molecule has 0 radical (unpaired) electrons. The van der Waals surface area contributed by atoms with Crippen molar-refractivity contribution in [3.05, 3.63) is 0 Å². The Morgan fingerprint density at radius 3 is 0.857 bits per heavy atom. The molecule has 0 amide bonds. The lowest BCUT2D eigenvalue weighted by atomic mass is 10.1. The van der Waals surface area contributed by atoms with E-state index in [0.29, 0.717) is 0 Å². The minimum atomic E-state index is -0.881. The molecule has 0 aromatic rings. The van der Waals surface area contributed by atoms with Crippen molar-refractivity contribution in [2.24, 2.45) is 0 Å². The van der Waals surface area contributed by atoms with Crippen LogP contribution in [0, 0.1) is 0 Å². The van der Waals surface area contributed by atoms with Crippen molar-refractivity contribution < 1.29 is 30.0 Å². The summed E-state index contributed by atoms with van der Waals surface area (Å²) in [7, 11) is 0. The molecule has 28 heavy (non-hydrogen) atoms. The number of aliphatic hydroxyl groups is 2. The Bertz CT molecular complexity index is 264. The summed E-state index contributed by atoms with van der Waals surface area (Å²) in [4.78, 5) is 18.6. The molecular weight excluding hydrogens is 400 g/mol. The van der Waals surface area contributed by atoms with E-state index in [4.69, 9.17) is 20.4 Å². The number of aliphatic hydroxyl groups excluding tert-OH is 2. The maximum atomic E-state index is 9.29. The second-order valence-electron chi connectivity index (χ2n) is 6.09. The first-order valence-corrected chi connectivity index (χ1v) is 11.5. The fourth-order valence-corrected chi connectivity index (χ4v) is 1.91. The van der Waals surface area contributed by atoms with E-state index >= 15 is 0 Å². The maximum absolute atomic E-state index is 9.29. The number of rotatable bonds is 14. The lowest BCUT2D eigenvalue weighted by Gasteiger charge is -2.01. The Morgan fingerprint density at radius 2 is 0.750 bits per heavy atom. The van der Waals surface area contributed by atoms with Gasteiger partial charge in [0.1, 0.15) is 0 Å². The van der Waals surface area contributed by atoms with E-state index < -0.39 is 11.9 Å². The first-order chi connectivity index (χ1) is 13.4. The third kappa shape index (κ3) is 63.7. The first kappa shape index (κ1) is 35.0. The Kier molecular flexibility index (Phi) is 46.7. The summed E-state index contributed by atoms with van der Waals surface area (Å²) < 4.78 is 0. The zero-order chi connectivity index (χ0) is 22.5. The smallest absolute Gasteiger partial charge is 0.313 e. The Hall–Kier alpha value is -0.440. The van der Waals surface area contributed by atoms with Crippen LogP contribution < -0.4 is 0 Å². The summed E-state index contributed by atoms with van der Waals surface area (Å²) in [6.07, 6.45) is 17.4. The van der Waals surface area contributed by atoms with Crippen molar-refractivity contribution in [2.45, 2.75) is 90.9 Å². The average Bonchev–Trinajstić information content (AvgIpc) is 2.70. The highest BCUT2D eigenvalue weighted by Crippen LogP contribution is 2.11. The molecule has 0 bridgehead atoms. The van der Waals surface area contributed by atoms with Gasteiger partial charge in [-0.05, 0) is 0 Å². The summed E-state index contributed by atoms with van der Waals surface area (Å²) in [5, 5.41) is 30.5. The molecule has 0 spiro atoms. The van der Waals surface area contributed by atoms with Crippen LogP contribution in [-0.4, -0.2) is 57.1 Å². The summed E-state index contributed by atoms with van der Waals surface area (Å²) >= 11 is 6.83. The van der Waals surface area contributed by atoms with Crippen LogP contribution in [-0.2, 0) is 9.59 Å². The predicted octanol–water partition coefficient (Wildman–Crippen LogP) is 4.68. The third-order valence-corrected chi connectivity index (χ3v) is 3.87. The second kappa shape index (κ2) is 37.3. The largest absolute Gasteiger partial charge is 0.481 e. The van der Waals surface area contributed by atoms with Crippen molar-refractivity contribution in [2.75, 3.05) is 24.7 Å². The molecule has 8 heteroatoms. The molecule has 0 heterocycles. The van der Waals surface area contributed by atoms with E-state index in [-0.39, 0.29) is 24.7 Å². The minimum absolute atomic E-state index is 0.0833. The normalized spacial score (nSPS) is 9.07. The standard InChI is InChI=1S/C14H30.2C2H4O2S.C2H6O2/c1-3-5-7-9-11-13-14-12-10-8-6-4-2;2*3-2(4)1-5;3-1-2-4/h3-14H2,1-2H3;2*5H,1H2,(H,3,4);3-4H,1-2H2. The van der Waals surface area contributed by atoms with Crippen molar-refractivity contribution in [3.8, 4) is 0 Å². The van der Waals surface area contributed by atoms with E-state index in [1.807, 2.05) is 0 Å². The molecule has 0 aliphatic heterocycles. The molecule has 4 N–H and O–H groups in total. The predicted molar refractivity (Wildman–Crippen MR) is 124 cm³/mol. The number of hydrogen-bond donors (Lipinski definition) is 6. The monoisotopic (exact) mass is 444 g/mol. The lowest BCUT2D eigenvalue weighted by molar-refractivity contribution is -0.134. The molecule has 0 aliphatic carbocycles. The van der Waals surface area contributed by atoms with Crippen LogP contribution in [0.2, 0.25) is 0 Å². The van der Waals surface area contributed by atoms with E-state index in [2.05, 4.69) is 39.1 Å². The fraction of sp³-hybridized carbons (Fsp3) is 0.900. The maximum Gasteiger partial charge on any atom is 0.313 e. The SMILES string of the molecule is CCCCCCCCCCCCCC.O=C(O)CS.O=C(O)CS.OCCO. The van der Waals surface area contributed by atoms with Gasteiger partial charge in [-0.3, -0.25) is 9.59 Å². The molecule has 0 aromatic carbocycles. The Labute approximate surface area is 183 Å². The summed E-state index contributed by atoms with van der Waals surface area (Å²) in [6.45, 7) is 4.32. The molecule has 0 saturated heterocycles. The number of carboxylic acids is 2. The van der Waals surface area contributed by atoms with Gasteiger partial charge in [-0.15, -0.1) is 0 Å². The van der Waals surface area contributed by atoms with Gasteiger partial charge in [-0.2, -0.15) is 25.3 Å². The molecule has 0 unspecified atom stereocenters. The van der Waals surface area contributed by atoms with Crippen molar-refractivity contribution in [3.63, 3.8) is 0 Å². The molecule has 0 fully saturated rings. The number of carboxylic acid groups (broad SMARTS) is 2. The molecule has 6 nitrogen and oxygen atoms in total. The van der Waals surface area contributed by atoms with Crippen molar-refractivity contribution in [1.82, 2.24) is 0 Å². The van der Waals surface area contributed by atoms with E-state index in [0.717, 1.165) is 0 Å². The molecule has 0 rings (SSSR count). The molecule has 0 aromatic heterocycles. The van der Waals surface area contributed by atoms with Crippen molar-refractivity contribution in [1.29, 1.82) is 0 Å². The van der Waals surface area contributed by atoms with Crippen LogP contribution in [0.5, 0.6) is 0 Å². The first-order valence-electron chi connectivity index (χ1n) is 10.2. The van der Waals surface area contributed by atoms with Gasteiger partial charge in [-0.1, -0.05) is 90.9 Å². The zero-order valence-electron chi connectivity index (χ0n) is 17.8. The van der Waals surface area contributed by atoms with Gasteiger partial charge in [0, 0.05) is 0 Å². The highest BCUT2D eigenvalue weighted by Gasteiger charge is 1.91. The van der Waals surface area contributed by atoms with E-state index in [9.17, 15) is 9.59 Å². The minimum Gasteiger partial charge on any atom is -0.481 e. The highest BCUT2D eigenvalue weighted by molar-refractivity contribution is 7.81. The van der Waals surface area contributed by atoms with Gasteiger partial charge < -0.3 is 20.4 Å². The van der Waals surface area contributed by atoms with E-state index in [1.165, 1.54) is 77.0 Å². The number of carbonyl (C=O) groups is 2. The second-order valence-corrected chi connectivity index (χ2v) is 6.72. The van der Waals surface area contributed by atoms with Gasteiger partial charge in [0.25, 0.3) is 0 Å². The molecule has 0 saturated carbocycles. The molecule has 0 aliphatic rings. The summed E-state index contributed by atoms with van der Waals surface area (Å²) in [5.74, 6) is -1.93. The van der Waals surface area contributed by atoms with Crippen LogP contribution in [0.1, 0.15) is 90.9 Å². The third-order valence-electron chi connectivity index (χ3n) is 3.33. The number of unbranched alkanes of at least 4 members (excludes halogenated alkanes) is 11. The van der Waals surface area contributed by atoms with Gasteiger partial charge in [0.2, 0.25) is 0 Å². The van der Waals surface area contributed by atoms with Crippen LogP contribution >= 0.6 is 25.3 Å². The topological polar surface area (TPSA) is 115 Å². The van der Waals surface area contributed by atoms with Gasteiger partial charge in [0.05, 0.1) is 24.7 Å². The molecule has 172 valence electrons. The zero-order valence-corrected chi connectivity index (χ0v) is 19.6. The van der Waals surface area contributed by atoms with Crippen LogP contribution in [0.15, 0.2) is 0 Å². The number of thiol groups is 2. The Morgan fingerprint density at radius 1 is 0.571 bits per heavy atom. The molecular formula is C20H44O6S2. The molecule has 0 atom stereocenters. The van der Waals surface area contributed by atoms with E-state index in [1.54, 1.807) is 0 Å². The van der Waals surface area contributed by atoms with Crippen LogP contribution in [0.4, 0.5) is 0 Å². The lowest BCUT2D eigenvalue weighted by Crippen LogP contribution is -1.92. The van der Waals surface area contributed by atoms with Gasteiger partial charge >= 0.3 is 11.9 Å². The number of aliphatic carboxylic acids is 2. The summed E-state index contributed by atoms with van der Waals surface area (Å²) in [6, 6.07) is 0. The highest BCUT2D eigenvalue weighted by atomic mass is 32.1. The van der Waals surface area contributed by atoms with Gasteiger partial charge in [0.15, 0.2) is 0 Å². The Balaban J connectivity index is -0.000000168. The fourth-order valence-electron chi connectivity index (χ4n) is 1.91.